The van der Waals surface area contributed by atoms with Crippen LogP contribution in [0.4, 0.5) is 26.3 Å². The Labute approximate surface area is 260 Å². The molecule has 238 valence electrons. The standard InChI is InChI=1S/C32H31F6N5OS/c1-45-20-43-40-29(39-41-43)26-17-30(23-10-6-3-7-11-23)28(13-12-27(26)42(30)18-21-8-4-2-5-9-21)44-19-22-14-24(31(33,34)35)16-25(15-22)32(36,37)38/h2-11,14-16,26-28H,12-13,17-20H2,1H3. The van der Waals surface area contributed by atoms with Gasteiger partial charge in [0.05, 0.1) is 29.4 Å². The van der Waals surface area contributed by atoms with Crippen LogP contribution < -0.4 is 0 Å². The number of piperidine rings is 1. The van der Waals surface area contributed by atoms with Crippen LogP contribution in [0.2, 0.25) is 0 Å². The number of fused-ring (bicyclic) bond motifs is 2. The molecule has 4 atom stereocenters. The smallest absolute Gasteiger partial charge is 0.371 e. The summed E-state index contributed by atoms with van der Waals surface area (Å²) in [5, 5.41) is 13.3. The Bertz CT molecular complexity index is 1570. The van der Waals surface area contributed by atoms with Crippen molar-refractivity contribution in [3.8, 4) is 0 Å². The van der Waals surface area contributed by atoms with Gasteiger partial charge in [-0.05, 0) is 65.6 Å². The van der Waals surface area contributed by atoms with Gasteiger partial charge in [-0.3, -0.25) is 4.90 Å². The van der Waals surface area contributed by atoms with Gasteiger partial charge in [-0.25, -0.2) is 0 Å². The molecule has 0 aliphatic carbocycles. The van der Waals surface area contributed by atoms with Crippen LogP contribution in [0.1, 0.15) is 58.8 Å². The summed E-state index contributed by atoms with van der Waals surface area (Å²) >= 11 is 1.56. The first-order valence-electron chi connectivity index (χ1n) is 14.5. The molecule has 4 unspecified atom stereocenters. The molecule has 45 heavy (non-hydrogen) atoms. The summed E-state index contributed by atoms with van der Waals surface area (Å²) < 4.78 is 88.1. The zero-order valence-electron chi connectivity index (χ0n) is 24.3. The van der Waals surface area contributed by atoms with Gasteiger partial charge in [0.15, 0.2) is 5.82 Å². The van der Waals surface area contributed by atoms with Crippen molar-refractivity contribution in [2.24, 2.45) is 0 Å². The quantitative estimate of drug-likeness (QED) is 0.174. The maximum absolute atomic E-state index is 13.6. The number of ether oxygens (including phenoxy) is 1. The Hall–Kier alpha value is -3.42. The molecule has 2 fully saturated rings. The van der Waals surface area contributed by atoms with Crippen LogP contribution in [-0.4, -0.2) is 43.5 Å². The molecule has 0 amide bonds. The van der Waals surface area contributed by atoms with Crippen LogP contribution in [0, 0.1) is 0 Å². The Morgan fingerprint density at radius 2 is 1.51 bits per heavy atom. The number of thioether (sulfide) groups is 1. The third-order valence-corrected chi connectivity index (χ3v) is 9.27. The van der Waals surface area contributed by atoms with Gasteiger partial charge in [-0.2, -0.15) is 31.1 Å². The van der Waals surface area contributed by atoms with Crippen LogP contribution in [0.5, 0.6) is 0 Å². The lowest BCUT2D eigenvalue weighted by molar-refractivity contribution is -0.143. The first-order chi connectivity index (χ1) is 21.5. The van der Waals surface area contributed by atoms with Gasteiger partial charge in [0, 0.05) is 18.5 Å². The van der Waals surface area contributed by atoms with E-state index in [-0.39, 0.29) is 23.6 Å². The van der Waals surface area contributed by atoms with E-state index in [9.17, 15) is 26.3 Å². The predicted molar refractivity (Wildman–Crippen MR) is 157 cm³/mol. The zero-order chi connectivity index (χ0) is 31.8. The normalized spacial score (nSPS) is 23.8. The Morgan fingerprint density at radius 3 is 2.13 bits per heavy atom. The second-order valence-electron chi connectivity index (χ2n) is 11.5. The second kappa shape index (κ2) is 12.4. The molecule has 3 aromatic carbocycles. The Kier molecular flexibility index (Phi) is 8.70. The number of aromatic nitrogens is 4. The van der Waals surface area contributed by atoms with Crippen molar-refractivity contribution in [1.29, 1.82) is 0 Å². The van der Waals surface area contributed by atoms with Crippen molar-refractivity contribution < 1.29 is 31.1 Å². The summed E-state index contributed by atoms with van der Waals surface area (Å²) in [5.74, 6) is 1.03. The maximum Gasteiger partial charge on any atom is 0.416 e. The monoisotopic (exact) mass is 647 g/mol. The van der Waals surface area contributed by atoms with Crippen LogP contribution in [0.3, 0.4) is 0 Å². The molecule has 0 radical (unpaired) electrons. The van der Waals surface area contributed by atoms with E-state index < -0.39 is 41.7 Å². The van der Waals surface area contributed by atoms with E-state index in [1.54, 1.807) is 16.6 Å². The molecule has 2 aliphatic heterocycles. The van der Waals surface area contributed by atoms with E-state index in [4.69, 9.17) is 4.74 Å². The molecular weight excluding hydrogens is 616 g/mol. The van der Waals surface area contributed by atoms with Crippen LogP contribution in [-0.2, 0) is 41.7 Å². The van der Waals surface area contributed by atoms with Crippen LogP contribution in [0.15, 0.2) is 78.9 Å². The minimum Gasteiger partial charge on any atom is -0.371 e. The van der Waals surface area contributed by atoms with E-state index in [2.05, 4.69) is 20.3 Å². The molecule has 13 heteroatoms. The molecule has 1 aromatic heterocycles. The predicted octanol–water partition coefficient (Wildman–Crippen LogP) is 7.66. The van der Waals surface area contributed by atoms with Crippen molar-refractivity contribution in [3.05, 3.63) is 113 Å². The summed E-state index contributed by atoms with van der Waals surface area (Å²) in [6, 6.07) is 21.3. The van der Waals surface area contributed by atoms with Gasteiger partial charge in [-0.15, -0.1) is 22.0 Å². The topological polar surface area (TPSA) is 56.1 Å². The number of benzene rings is 3. The van der Waals surface area contributed by atoms with E-state index in [1.807, 2.05) is 66.9 Å². The number of halogens is 6. The lowest BCUT2D eigenvalue weighted by Gasteiger charge is -2.50. The minimum absolute atomic E-state index is 0.00239. The third-order valence-electron chi connectivity index (χ3n) is 8.78. The summed E-state index contributed by atoms with van der Waals surface area (Å²) in [7, 11) is 0. The van der Waals surface area contributed by atoms with E-state index >= 15 is 0 Å². The first kappa shape index (κ1) is 31.6. The highest BCUT2D eigenvalue weighted by atomic mass is 32.2. The largest absolute Gasteiger partial charge is 0.416 e. The number of tetrazole rings is 1. The minimum atomic E-state index is -4.94. The molecule has 2 aliphatic rings. The highest BCUT2D eigenvalue weighted by Gasteiger charge is 2.60. The van der Waals surface area contributed by atoms with Crippen molar-refractivity contribution >= 4 is 11.8 Å². The number of rotatable bonds is 9. The summed E-state index contributed by atoms with van der Waals surface area (Å²) in [6.45, 7) is 0.139. The molecule has 2 saturated heterocycles. The first-order valence-corrected chi connectivity index (χ1v) is 15.9. The lowest BCUT2D eigenvalue weighted by atomic mass is 9.78. The average molecular weight is 648 g/mol. The molecule has 6 rings (SSSR count). The zero-order valence-corrected chi connectivity index (χ0v) is 25.1. The molecule has 3 heterocycles. The summed E-state index contributed by atoms with van der Waals surface area (Å²) in [6.07, 6.45) is -6.72. The Balaban J connectivity index is 1.41. The fraction of sp³-hybridized carbons (Fsp3) is 0.406. The number of hydrogen-bond acceptors (Lipinski definition) is 6. The van der Waals surface area contributed by atoms with Crippen LogP contribution in [0.25, 0.3) is 0 Å². The number of nitrogens with zero attached hydrogens (tertiary/aromatic N) is 5. The molecule has 0 spiro atoms. The van der Waals surface area contributed by atoms with Gasteiger partial charge in [0.25, 0.3) is 0 Å². The second-order valence-corrected chi connectivity index (χ2v) is 12.3. The number of alkyl halides is 6. The van der Waals surface area contributed by atoms with Gasteiger partial charge >= 0.3 is 12.4 Å². The van der Waals surface area contributed by atoms with Gasteiger partial charge in [0.1, 0.15) is 5.88 Å². The molecule has 6 nitrogen and oxygen atoms in total. The average Bonchev–Trinajstić information content (AvgIpc) is 3.55. The summed E-state index contributed by atoms with van der Waals surface area (Å²) in [4.78, 5) is 3.93. The molecule has 4 aromatic rings. The van der Waals surface area contributed by atoms with E-state index in [0.717, 1.165) is 23.3 Å². The van der Waals surface area contributed by atoms with Gasteiger partial charge in [0.2, 0.25) is 0 Å². The van der Waals surface area contributed by atoms with E-state index in [1.165, 1.54) is 0 Å². The fourth-order valence-electron chi connectivity index (χ4n) is 6.93. The number of hydrogen-bond donors (Lipinski definition) is 0. The highest BCUT2D eigenvalue weighted by molar-refractivity contribution is 7.97. The summed E-state index contributed by atoms with van der Waals surface area (Å²) in [5.41, 5.74) is -1.64. The maximum atomic E-state index is 13.6. The van der Waals surface area contributed by atoms with Crippen molar-refractivity contribution in [3.63, 3.8) is 0 Å². The third kappa shape index (κ3) is 6.34. The van der Waals surface area contributed by atoms with Crippen molar-refractivity contribution in [2.45, 2.75) is 74.2 Å². The molecular formula is C32H31F6N5OS. The van der Waals surface area contributed by atoms with Crippen molar-refractivity contribution in [1.82, 2.24) is 25.1 Å². The molecule has 0 N–H and O–H groups in total. The Morgan fingerprint density at radius 1 is 0.867 bits per heavy atom. The molecule has 0 saturated carbocycles. The van der Waals surface area contributed by atoms with Gasteiger partial charge in [-0.1, -0.05) is 60.7 Å². The van der Waals surface area contributed by atoms with E-state index in [0.29, 0.717) is 37.5 Å². The molecule has 2 bridgehead atoms. The van der Waals surface area contributed by atoms with Crippen molar-refractivity contribution in [2.75, 3.05) is 6.26 Å². The highest BCUT2D eigenvalue weighted by Crippen LogP contribution is 2.57. The lowest BCUT2D eigenvalue weighted by Crippen LogP contribution is -2.56. The SMILES string of the molecule is CSCn1nnc(C2CC3(c4ccccc4)C(OCc4cc(C(F)(F)F)cc(C(F)(F)F)c4)CCC2N3Cc2ccccc2)n1. The van der Waals surface area contributed by atoms with Gasteiger partial charge < -0.3 is 4.74 Å². The van der Waals surface area contributed by atoms with Crippen LogP contribution >= 0.6 is 11.8 Å². The fourth-order valence-corrected chi connectivity index (χ4v) is 7.27.